The molecule has 0 aliphatic carbocycles. The zero-order chi connectivity index (χ0) is 16.4. The van der Waals surface area contributed by atoms with E-state index in [2.05, 4.69) is 4.74 Å². The highest BCUT2D eigenvalue weighted by Crippen LogP contribution is 2.30. The molecule has 1 heterocycles. The molecule has 0 fully saturated rings. The summed E-state index contributed by atoms with van der Waals surface area (Å²) in [4.78, 5) is 23.6. The van der Waals surface area contributed by atoms with Gasteiger partial charge in [0.15, 0.2) is 0 Å². The summed E-state index contributed by atoms with van der Waals surface area (Å²) in [6, 6.07) is 3.70. The molecule has 0 amide bonds. The highest BCUT2D eigenvalue weighted by molar-refractivity contribution is 5.86. The summed E-state index contributed by atoms with van der Waals surface area (Å²) in [6.45, 7) is 7.53. The van der Waals surface area contributed by atoms with Crippen molar-refractivity contribution in [3.63, 3.8) is 0 Å². The van der Waals surface area contributed by atoms with Crippen molar-refractivity contribution in [3.05, 3.63) is 39.2 Å². The van der Waals surface area contributed by atoms with Crippen molar-refractivity contribution in [1.29, 1.82) is 0 Å². The number of rotatable bonds is 4. The summed E-state index contributed by atoms with van der Waals surface area (Å²) >= 11 is 0. The molecule has 1 aromatic carbocycles. The number of aryl methyl sites for hydroxylation is 2. The van der Waals surface area contributed by atoms with E-state index in [1.807, 2.05) is 32.9 Å². The number of hydrogen-bond acceptors (Lipinski definition) is 5. The molecular formula is C17H20O5. The van der Waals surface area contributed by atoms with Gasteiger partial charge in [0, 0.05) is 10.9 Å². The van der Waals surface area contributed by atoms with Crippen LogP contribution in [0.5, 0.6) is 5.75 Å². The average molecular weight is 304 g/mol. The van der Waals surface area contributed by atoms with E-state index in [1.54, 1.807) is 6.92 Å². The van der Waals surface area contributed by atoms with E-state index < -0.39 is 11.6 Å². The second kappa shape index (κ2) is 6.22. The molecule has 1 aromatic heterocycles. The van der Waals surface area contributed by atoms with Crippen LogP contribution in [0.3, 0.4) is 0 Å². The van der Waals surface area contributed by atoms with Crippen molar-refractivity contribution in [1.82, 2.24) is 0 Å². The molecule has 0 radical (unpaired) electrons. The van der Waals surface area contributed by atoms with Crippen LogP contribution < -0.4 is 10.4 Å². The zero-order valence-electron chi connectivity index (χ0n) is 13.5. The van der Waals surface area contributed by atoms with Crippen molar-refractivity contribution >= 4 is 16.9 Å². The van der Waals surface area contributed by atoms with Gasteiger partial charge in [-0.25, -0.2) is 4.79 Å². The monoisotopic (exact) mass is 304 g/mol. The number of esters is 1. The van der Waals surface area contributed by atoms with Crippen LogP contribution >= 0.6 is 0 Å². The number of hydrogen-bond donors (Lipinski definition) is 0. The van der Waals surface area contributed by atoms with E-state index in [9.17, 15) is 9.59 Å². The standard InChI is InChI=1S/C17H20O5/c1-9(2)21-14-7-6-12-10(3)13(8-15(18)20-5)17(19)22-16(12)11(14)4/h6-7,9H,8H2,1-5H3. The third-order valence-corrected chi connectivity index (χ3v) is 3.57. The Bertz CT molecular complexity index is 771. The summed E-state index contributed by atoms with van der Waals surface area (Å²) < 4.78 is 15.8. The van der Waals surface area contributed by atoms with Gasteiger partial charge in [-0.1, -0.05) is 0 Å². The molecule has 0 aliphatic heterocycles. The Morgan fingerprint density at radius 3 is 2.50 bits per heavy atom. The van der Waals surface area contributed by atoms with Crippen LogP contribution in [0.25, 0.3) is 11.0 Å². The first kappa shape index (κ1) is 16.1. The van der Waals surface area contributed by atoms with Crippen LogP contribution in [-0.2, 0) is 16.0 Å². The van der Waals surface area contributed by atoms with Gasteiger partial charge in [0.05, 0.1) is 25.2 Å². The third kappa shape index (κ3) is 2.98. The molecule has 22 heavy (non-hydrogen) atoms. The summed E-state index contributed by atoms with van der Waals surface area (Å²) in [6.07, 6.45) is -0.0632. The highest BCUT2D eigenvalue weighted by atomic mass is 16.5. The lowest BCUT2D eigenvalue weighted by Crippen LogP contribution is -2.16. The number of benzene rings is 1. The number of fused-ring (bicyclic) bond motifs is 1. The maximum atomic E-state index is 12.2. The molecule has 0 spiro atoms. The van der Waals surface area contributed by atoms with Crippen molar-refractivity contribution in [2.75, 3.05) is 7.11 Å². The molecule has 0 bridgehead atoms. The Kier molecular flexibility index (Phi) is 4.54. The fourth-order valence-electron chi connectivity index (χ4n) is 2.37. The first-order chi connectivity index (χ1) is 10.3. The summed E-state index contributed by atoms with van der Waals surface area (Å²) in [7, 11) is 1.29. The highest BCUT2D eigenvalue weighted by Gasteiger charge is 2.17. The molecule has 2 aromatic rings. The Morgan fingerprint density at radius 2 is 1.91 bits per heavy atom. The Morgan fingerprint density at radius 1 is 1.23 bits per heavy atom. The van der Waals surface area contributed by atoms with Gasteiger partial charge < -0.3 is 13.9 Å². The third-order valence-electron chi connectivity index (χ3n) is 3.57. The minimum atomic E-state index is -0.514. The quantitative estimate of drug-likeness (QED) is 0.642. The van der Waals surface area contributed by atoms with Gasteiger partial charge in [-0.15, -0.1) is 0 Å². The fraction of sp³-hybridized carbons (Fsp3) is 0.412. The molecule has 2 rings (SSSR count). The van der Waals surface area contributed by atoms with Crippen LogP contribution in [0.15, 0.2) is 21.3 Å². The van der Waals surface area contributed by atoms with Gasteiger partial charge in [-0.3, -0.25) is 4.79 Å². The summed E-state index contributed by atoms with van der Waals surface area (Å²) in [5.74, 6) is 0.219. The molecule has 0 N–H and O–H groups in total. The first-order valence-electron chi connectivity index (χ1n) is 7.14. The predicted molar refractivity (Wildman–Crippen MR) is 83.4 cm³/mol. The number of carbonyl (C=O) groups is 1. The van der Waals surface area contributed by atoms with Crippen molar-refractivity contribution in [2.24, 2.45) is 0 Å². The molecule has 5 nitrogen and oxygen atoms in total. The first-order valence-corrected chi connectivity index (χ1v) is 7.14. The van der Waals surface area contributed by atoms with Crippen molar-refractivity contribution in [2.45, 2.75) is 40.2 Å². The van der Waals surface area contributed by atoms with E-state index in [4.69, 9.17) is 9.15 Å². The molecular weight excluding hydrogens is 284 g/mol. The van der Waals surface area contributed by atoms with Gasteiger partial charge in [0.2, 0.25) is 0 Å². The molecule has 0 atom stereocenters. The number of methoxy groups -OCH3 is 1. The lowest BCUT2D eigenvalue weighted by atomic mass is 10.0. The average Bonchev–Trinajstić information content (AvgIpc) is 2.46. The van der Waals surface area contributed by atoms with Gasteiger partial charge in [-0.2, -0.15) is 0 Å². The summed E-state index contributed by atoms with van der Waals surface area (Å²) in [5.41, 5.74) is 1.82. The van der Waals surface area contributed by atoms with Crippen LogP contribution in [0, 0.1) is 13.8 Å². The molecule has 0 saturated heterocycles. The predicted octanol–water partition coefficient (Wildman–Crippen LogP) is 2.91. The van der Waals surface area contributed by atoms with E-state index in [0.29, 0.717) is 16.9 Å². The summed E-state index contributed by atoms with van der Waals surface area (Å²) in [5, 5.41) is 0.798. The molecule has 0 aliphatic rings. The van der Waals surface area contributed by atoms with Crippen LogP contribution in [-0.4, -0.2) is 19.2 Å². The minimum Gasteiger partial charge on any atom is -0.491 e. The molecule has 5 heteroatoms. The lowest BCUT2D eigenvalue weighted by Gasteiger charge is -2.14. The second-order valence-electron chi connectivity index (χ2n) is 5.48. The zero-order valence-corrected chi connectivity index (χ0v) is 13.5. The maximum absolute atomic E-state index is 12.2. The van der Waals surface area contributed by atoms with Crippen LogP contribution in [0.2, 0.25) is 0 Å². The SMILES string of the molecule is COC(=O)Cc1c(C)c2ccc(OC(C)C)c(C)c2oc1=O. The Balaban J connectivity index is 2.63. The second-order valence-corrected chi connectivity index (χ2v) is 5.48. The Labute approximate surface area is 128 Å². The topological polar surface area (TPSA) is 65.7 Å². The van der Waals surface area contributed by atoms with Gasteiger partial charge >= 0.3 is 11.6 Å². The van der Waals surface area contributed by atoms with Gasteiger partial charge in [0.1, 0.15) is 11.3 Å². The van der Waals surface area contributed by atoms with Crippen molar-refractivity contribution < 1.29 is 18.7 Å². The molecule has 118 valence electrons. The van der Waals surface area contributed by atoms with E-state index in [1.165, 1.54) is 7.11 Å². The number of carbonyl (C=O) groups excluding carboxylic acids is 1. The maximum Gasteiger partial charge on any atom is 0.340 e. The van der Waals surface area contributed by atoms with Gasteiger partial charge in [0.25, 0.3) is 0 Å². The van der Waals surface area contributed by atoms with E-state index in [-0.39, 0.29) is 12.5 Å². The van der Waals surface area contributed by atoms with Crippen LogP contribution in [0.1, 0.15) is 30.5 Å². The lowest BCUT2D eigenvalue weighted by molar-refractivity contribution is -0.139. The molecule has 0 unspecified atom stereocenters. The van der Waals surface area contributed by atoms with Crippen LogP contribution in [0.4, 0.5) is 0 Å². The van der Waals surface area contributed by atoms with E-state index >= 15 is 0 Å². The van der Waals surface area contributed by atoms with Gasteiger partial charge in [-0.05, 0) is 45.4 Å². The smallest absolute Gasteiger partial charge is 0.340 e. The van der Waals surface area contributed by atoms with E-state index in [0.717, 1.165) is 16.5 Å². The van der Waals surface area contributed by atoms with Crippen molar-refractivity contribution in [3.8, 4) is 5.75 Å². The fourth-order valence-corrected chi connectivity index (χ4v) is 2.37. The molecule has 0 saturated carbocycles. The normalized spacial score (nSPS) is 11.0. The number of ether oxygens (including phenoxy) is 2. The largest absolute Gasteiger partial charge is 0.491 e. The Hall–Kier alpha value is -2.30. The minimum absolute atomic E-state index is 0.0302.